The van der Waals surface area contributed by atoms with Gasteiger partial charge in [-0.1, -0.05) is 0 Å². The number of hydrogen-bond donors (Lipinski definition) is 3. The summed E-state index contributed by atoms with van der Waals surface area (Å²) in [5.41, 5.74) is 5.14. The van der Waals surface area contributed by atoms with E-state index in [0.717, 1.165) is 30.3 Å². The minimum atomic E-state index is -1.18. The van der Waals surface area contributed by atoms with Crippen molar-refractivity contribution >= 4 is 23.4 Å². The van der Waals surface area contributed by atoms with Crippen LogP contribution in [0, 0.1) is 17.5 Å². The maximum absolute atomic E-state index is 13.3. The fraction of sp³-hybridized carbons (Fsp3) is 0.167. The number of nitrogens with two attached hydrogens (primary N) is 1. The molecule has 142 valence electrons. The van der Waals surface area contributed by atoms with E-state index >= 15 is 0 Å². The normalized spacial score (nSPS) is 11.5. The molecule has 0 spiro atoms. The Bertz CT molecular complexity index is 857. The van der Waals surface area contributed by atoms with Gasteiger partial charge in [0.15, 0.2) is 11.6 Å². The first-order chi connectivity index (χ1) is 12.8. The summed E-state index contributed by atoms with van der Waals surface area (Å²) in [5, 5.41) is 4.73. The van der Waals surface area contributed by atoms with Crippen LogP contribution in [0.2, 0.25) is 0 Å². The Morgan fingerprint density at radius 2 is 1.63 bits per heavy atom. The largest absolute Gasteiger partial charge is 0.370 e. The molecule has 0 fully saturated rings. The van der Waals surface area contributed by atoms with Crippen LogP contribution in [0.15, 0.2) is 42.5 Å². The lowest BCUT2D eigenvalue weighted by Gasteiger charge is -2.18. The van der Waals surface area contributed by atoms with Gasteiger partial charge >= 0.3 is 0 Å². The van der Waals surface area contributed by atoms with E-state index in [0.29, 0.717) is 0 Å². The Morgan fingerprint density at radius 1 is 0.963 bits per heavy atom. The second-order valence-corrected chi connectivity index (χ2v) is 5.66. The summed E-state index contributed by atoms with van der Waals surface area (Å²) in [6, 6.07) is 6.18. The van der Waals surface area contributed by atoms with Crippen LogP contribution in [0.4, 0.5) is 18.9 Å². The Kier molecular flexibility index (Phi) is 6.53. The molecule has 0 heterocycles. The molecular weight excluding hydrogens is 363 g/mol. The molecule has 0 aliphatic carbocycles. The number of rotatable bonds is 7. The van der Waals surface area contributed by atoms with E-state index in [4.69, 9.17) is 5.73 Å². The zero-order valence-corrected chi connectivity index (χ0v) is 14.0. The molecule has 3 amide bonds. The summed E-state index contributed by atoms with van der Waals surface area (Å²) >= 11 is 0. The van der Waals surface area contributed by atoms with Crippen molar-refractivity contribution in [1.82, 2.24) is 5.32 Å². The Balaban J connectivity index is 2.12. The molecule has 2 rings (SSSR count). The Morgan fingerprint density at radius 3 is 2.22 bits per heavy atom. The van der Waals surface area contributed by atoms with Crippen molar-refractivity contribution in [1.29, 1.82) is 0 Å². The molecule has 0 aromatic heterocycles. The maximum Gasteiger partial charge on any atom is 0.251 e. The van der Waals surface area contributed by atoms with Crippen LogP contribution in [0.3, 0.4) is 0 Å². The Hall–Kier alpha value is -3.36. The molecule has 0 radical (unpaired) electrons. The molecule has 9 heteroatoms. The highest BCUT2D eigenvalue weighted by atomic mass is 19.2. The number of amides is 3. The molecule has 1 unspecified atom stereocenters. The number of benzene rings is 2. The number of primary amides is 1. The number of halogens is 3. The van der Waals surface area contributed by atoms with Crippen LogP contribution >= 0.6 is 0 Å². The highest BCUT2D eigenvalue weighted by Gasteiger charge is 2.22. The van der Waals surface area contributed by atoms with Gasteiger partial charge in [0.05, 0.1) is 0 Å². The first-order valence-corrected chi connectivity index (χ1v) is 7.87. The van der Waals surface area contributed by atoms with Gasteiger partial charge in [0.1, 0.15) is 11.9 Å². The first kappa shape index (κ1) is 20.0. The topological polar surface area (TPSA) is 101 Å². The number of nitrogens with one attached hydrogen (secondary N) is 2. The van der Waals surface area contributed by atoms with Crippen molar-refractivity contribution in [2.75, 3.05) is 5.32 Å². The molecule has 2 aromatic rings. The van der Waals surface area contributed by atoms with E-state index < -0.39 is 41.2 Å². The van der Waals surface area contributed by atoms with Crippen molar-refractivity contribution < 1.29 is 27.6 Å². The third kappa shape index (κ3) is 5.84. The molecule has 6 nitrogen and oxygen atoms in total. The second kappa shape index (κ2) is 8.84. The predicted octanol–water partition coefficient (Wildman–Crippen LogP) is 2.11. The van der Waals surface area contributed by atoms with Crippen LogP contribution in [0.1, 0.15) is 23.2 Å². The molecule has 27 heavy (non-hydrogen) atoms. The minimum Gasteiger partial charge on any atom is -0.370 e. The highest BCUT2D eigenvalue weighted by molar-refractivity contribution is 6.01. The van der Waals surface area contributed by atoms with Gasteiger partial charge in [0, 0.05) is 23.7 Å². The van der Waals surface area contributed by atoms with Gasteiger partial charge in [-0.05, 0) is 42.8 Å². The van der Waals surface area contributed by atoms with E-state index in [1.807, 2.05) is 0 Å². The van der Waals surface area contributed by atoms with Crippen molar-refractivity contribution in [2.45, 2.75) is 18.9 Å². The SMILES string of the molecule is NC(=O)CCC(NC(=O)c1ccc(F)cc1)C(=O)Nc1ccc(F)c(F)c1. The first-order valence-electron chi connectivity index (χ1n) is 7.87. The van der Waals surface area contributed by atoms with Gasteiger partial charge < -0.3 is 16.4 Å². The molecule has 0 bridgehead atoms. The lowest BCUT2D eigenvalue weighted by molar-refractivity contribution is -0.119. The van der Waals surface area contributed by atoms with Crippen LogP contribution in [0.25, 0.3) is 0 Å². The quantitative estimate of drug-likeness (QED) is 0.687. The van der Waals surface area contributed by atoms with Crippen LogP contribution in [-0.2, 0) is 9.59 Å². The average Bonchev–Trinajstić information content (AvgIpc) is 2.61. The summed E-state index contributed by atoms with van der Waals surface area (Å²) in [6.07, 6.45) is -0.308. The molecule has 2 aromatic carbocycles. The molecule has 4 N–H and O–H groups in total. The third-order valence-corrected chi connectivity index (χ3v) is 3.59. The molecule has 1 atom stereocenters. The average molecular weight is 379 g/mol. The molecule has 0 aliphatic heterocycles. The number of carbonyl (C=O) groups excluding carboxylic acids is 3. The van der Waals surface area contributed by atoms with Gasteiger partial charge in [-0.25, -0.2) is 13.2 Å². The smallest absolute Gasteiger partial charge is 0.251 e. The van der Waals surface area contributed by atoms with E-state index in [1.54, 1.807) is 0 Å². The van der Waals surface area contributed by atoms with Gasteiger partial charge in [-0.2, -0.15) is 0 Å². The van der Waals surface area contributed by atoms with Crippen molar-refractivity contribution in [3.05, 3.63) is 65.5 Å². The van der Waals surface area contributed by atoms with Gasteiger partial charge in [0.2, 0.25) is 11.8 Å². The standard InChI is InChI=1S/C18H16F3N3O3/c19-11-3-1-10(2-4-11)17(26)24-15(7-8-16(22)25)18(27)23-12-5-6-13(20)14(21)9-12/h1-6,9,15H,7-8H2,(H2,22,25)(H,23,27)(H,24,26). The highest BCUT2D eigenvalue weighted by Crippen LogP contribution is 2.14. The number of hydrogen-bond acceptors (Lipinski definition) is 3. The van der Waals surface area contributed by atoms with E-state index in [9.17, 15) is 27.6 Å². The summed E-state index contributed by atoms with van der Waals surface area (Å²) in [4.78, 5) is 35.6. The van der Waals surface area contributed by atoms with Crippen LogP contribution in [-0.4, -0.2) is 23.8 Å². The van der Waals surface area contributed by atoms with Gasteiger partial charge in [0.25, 0.3) is 5.91 Å². The van der Waals surface area contributed by atoms with Gasteiger partial charge in [-0.3, -0.25) is 14.4 Å². The summed E-state index contributed by atoms with van der Waals surface area (Å²) in [5.74, 6) is -4.88. The van der Waals surface area contributed by atoms with Crippen LogP contribution in [0.5, 0.6) is 0 Å². The lowest BCUT2D eigenvalue weighted by Crippen LogP contribution is -2.44. The van der Waals surface area contributed by atoms with E-state index in [-0.39, 0.29) is 24.1 Å². The van der Waals surface area contributed by atoms with Crippen molar-refractivity contribution in [3.8, 4) is 0 Å². The summed E-state index contributed by atoms with van der Waals surface area (Å²) in [7, 11) is 0. The maximum atomic E-state index is 13.3. The number of anilines is 1. The van der Waals surface area contributed by atoms with Crippen molar-refractivity contribution in [2.24, 2.45) is 5.73 Å². The van der Waals surface area contributed by atoms with Gasteiger partial charge in [-0.15, -0.1) is 0 Å². The molecule has 0 saturated carbocycles. The summed E-state index contributed by atoms with van der Waals surface area (Å²) in [6.45, 7) is 0. The summed E-state index contributed by atoms with van der Waals surface area (Å²) < 4.78 is 39.2. The zero-order valence-electron chi connectivity index (χ0n) is 14.0. The lowest BCUT2D eigenvalue weighted by atomic mass is 10.1. The zero-order chi connectivity index (χ0) is 20.0. The fourth-order valence-corrected chi connectivity index (χ4v) is 2.20. The third-order valence-electron chi connectivity index (χ3n) is 3.59. The fourth-order valence-electron chi connectivity index (χ4n) is 2.20. The Labute approximate surface area is 152 Å². The molecular formula is C18H16F3N3O3. The molecule has 0 aliphatic rings. The predicted molar refractivity (Wildman–Crippen MR) is 91.1 cm³/mol. The van der Waals surface area contributed by atoms with E-state index in [2.05, 4.69) is 10.6 Å². The van der Waals surface area contributed by atoms with E-state index in [1.165, 1.54) is 12.1 Å². The molecule has 0 saturated heterocycles. The van der Waals surface area contributed by atoms with Crippen LogP contribution < -0.4 is 16.4 Å². The second-order valence-electron chi connectivity index (χ2n) is 5.66. The minimum absolute atomic E-state index is 0.0287. The van der Waals surface area contributed by atoms with Crippen molar-refractivity contribution in [3.63, 3.8) is 0 Å². The monoisotopic (exact) mass is 379 g/mol. The number of carbonyl (C=O) groups is 3.